The maximum absolute atomic E-state index is 10.8. The summed E-state index contributed by atoms with van der Waals surface area (Å²) < 4.78 is 0. The molecule has 2 aromatic carbocycles. The van der Waals surface area contributed by atoms with Crippen molar-refractivity contribution in [2.45, 2.75) is 0 Å². The van der Waals surface area contributed by atoms with Gasteiger partial charge in [-0.15, -0.1) is 0 Å². The summed E-state index contributed by atoms with van der Waals surface area (Å²) >= 11 is 0. The van der Waals surface area contributed by atoms with E-state index in [2.05, 4.69) is 9.97 Å². The van der Waals surface area contributed by atoms with Crippen LogP contribution in [0.4, 0.5) is 0 Å². The van der Waals surface area contributed by atoms with E-state index in [1.807, 2.05) is 12.1 Å². The van der Waals surface area contributed by atoms with Gasteiger partial charge < -0.3 is 5.11 Å². The lowest BCUT2D eigenvalue weighted by atomic mass is 10.1. The zero-order chi connectivity index (χ0) is 16.2. The van der Waals surface area contributed by atoms with Crippen LogP contribution >= 0.6 is 0 Å². The molecule has 0 unspecified atom stereocenters. The van der Waals surface area contributed by atoms with Gasteiger partial charge in [-0.05, 0) is 17.7 Å². The summed E-state index contributed by atoms with van der Waals surface area (Å²) in [5.41, 5.74) is 3.35. The Morgan fingerprint density at radius 2 is 1.39 bits per heavy atom. The Morgan fingerprint density at radius 1 is 0.826 bits per heavy atom. The number of hydrogen-bond acceptors (Lipinski definition) is 4. The fourth-order valence-electron chi connectivity index (χ4n) is 2.14. The van der Waals surface area contributed by atoms with E-state index in [-0.39, 0.29) is 5.56 Å². The quantitative estimate of drug-likeness (QED) is 0.748. The highest BCUT2D eigenvalue weighted by Gasteiger charge is 2.06. The summed E-state index contributed by atoms with van der Waals surface area (Å²) in [5.74, 6) is -0.443. The van der Waals surface area contributed by atoms with Gasteiger partial charge in [0.15, 0.2) is 5.82 Å². The van der Waals surface area contributed by atoms with Crippen molar-refractivity contribution < 1.29 is 14.7 Å². The highest BCUT2D eigenvalue weighted by Crippen LogP contribution is 2.21. The molecule has 1 aromatic heterocycles. The normalized spacial score (nSPS) is 10.3. The Bertz CT molecular complexity index is 839. The van der Waals surface area contributed by atoms with E-state index in [9.17, 15) is 9.59 Å². The Morgan fingerprint density at radius 3 is 1.91 bits per heavy atom. The van der Waals surface area contributed by atoms with Crippen LogP contribution in [0.3, 0.4) is 0 Å². The molecule has 0 saturated heterocycles. The molecule has 3 aromatic rings. The summed E-state index contributed by atoms with van der Waals surface area (Å²) in [6.07, 6.45) is 4.19. The summed E-state index contributed by atoms with van der Waals surface area (Å²) in [6, 6.07) is 13.5. The van der Waals surface area contributed by atoms with Crippen molar-refractivity contribution in [3.05, 3.63) is 72.1 Å². The fourth-order valence-corrected chi connectivity index (χ4v) is 2.14. The van der Waals surface area contributed by atoms with Crippen LogP contribution in [-0.4, -0.2) is 27.3 Å². The topological polar surface area (TPSA) is 80.2 Å². The molecule has 0 saturated carbocycles. The van der Waals surface area contributed by atoms with E-state index in [1.54, 1.807) is 36.7 Å². The summed E-state index contributed by atoms with van der Waals surface area (Å²) in [5, 5.41) is 8.89. The van der Waals surface area contributed by atoms with E-state index in [1.165, 1.54) is 12.1 Å². The third-order valence-corrected chi connectivity index (χ3v) is 3.42. The minimum absolute atomic E-state index is 0.223. The van der Waals surface area contributed by atoms with E-state index in [0.29, 0.717) is 11.4 Å². The first-order valence-corrected chi connectivity index (χ1v) is 6.89. The molecule has 1 N–H and O–H groups in total. The van der Waals surface area contributed by atoms with Crippen LogP contribution in [0, 0.1) is 0 Å². The van der Waals surface area contributed by atoms with Gasteiger partial charge in [0.25, 0.3) is 0 Å². The zero-order valence-electron chi connectivity index (χ0n) is 12.0. The lowest BCUT2D eigenvalue weighted by molar-refractivity contribution is 0.0696. The molecule has 0 radical (unpaired) electrons. The Hall–Kier alpha value is -3.34. The molecule has 0 bridgehead atoms. The molecule has 0 spiro atoms. The Balaban J connectivity index is 1.86. The van der Waals surface area contributed by atoms with Gasteiger partial charge in [-0.25, -0.2) is 14.8 Å². The van der Waals surface area contributed by atoms with E-state index >= 15 is 0 Å². The third kappa shape index (κ3) is 3.13. The molecular weight excluding hydrogens is 292 g/mol. The summed E-state index contributed by atoms with van der Waals surface area (Å²) in [6.45, 7) is 0. The molecule has 0 aliphatic rings. The largest absolute Gasteiger partial charge is 0.478 e. The number of aromatic carboxylic acids is 1. The van der Waals surface area contributed by atoms with Crippen LogP contribution < -0.4 is 0 Å². The number of carbonyl (C=O) groups excluding carboxylic acids is 1. The number of nitrogens with zero attached hydrogens (tertiary/aromatic N) is 2. The monoisotopic (exact) mass is 304 g/mol. The van der Waals surface area contributed by atoms with Gasteiger partial charge in [-0.2, -0.15) is 0 Å². The van der Waals surface area contributed by atoms with Gasteiger partial charge in [0.05, 0.1) is 5.56 Å². The molecule has 0 amide bonds. The summed E-state index contributed by atoms with van der Waals surface area (Å²) in [7, 11) is 0. The van der Waals surface area contributed by atoms with Crippen molar-refractivity contribution in [2.24, 2.45) is 0 Å². The number of aldehydes is 1. The molecule has 0 fully saturated rings. The van der Waals surface area contributed by atoms with Gasteiger partial charge in [0, 0.05) is 29.1 Å². The maximum Gasteiger partial charge on any atom is 0.335 e. The Labute approximate surface area is 132 Å². The van der Waals surface area contributed by atoms with Crippen molar-refractivity contribution in [3.8, 4) is 22.5 Å². The van der Waals surface area contributed by atoms with E-state index < -0.39 is 5.97 Å². The number of carbonyl (C=O) groups is 2. The molecule has 0 aliphatic heterocycles. The molecule has 0 atom stereocenters. The second-order valence-electron chi connectivity index (χ2n) is 4.92. The van der Waals surface area contributed by atoms with Crippen LogP contribution in [0.2, 0.25) is 0 Å². The average molecular weight is 304 g/mol. The van der Waals surface area contributed by atoms with Crippen LogP contribution in [0.1, 0.15) is 20.7 Å². The van der Waals surface area contributed by atoms with Crippen molar-refractivity contribution in [3.63, 3.8) is 0 Å². The molecule has 3 rings (SSSR count). The molecule has 0 aliphatic carbocycles. The molecule has 112 valence electrons. The SMILES string of the molecule is O=Cc1ccc(-c2cnc(-c3ccc(C(=O)O)cc3)nc2)cc1. The molecule has 5 heteroatoms. The van der Waals surface area contributed by atoms with Crippen LogP contribution in [-0.2, 0) is 0 Å². The van der Waals surface area contributed by atoms with Crippen molar-refractivity contribution >= 4 is 12.3 Å². The van der Waals surface area contributed by atoms with Crippen LogP contribution in [0.5, 0.6) is 0 Å². The van der Waals surface area contributed by atoms with Crippen LogP contribution in [0.15, 0.2) is 60.9 Å². The smallest absolute Gasteiger partial charge is 0.335 e. The first kappa shape index (κ1) is 14.6. The maximum atomic E-state index is 10.8. The molecule has 1 heterocycles. The molecule has 5 nitrogen and oxygen atoms in total. The second kappa shape index (κ2) is 6.19. The number of carboxylic acids is 1. The van der Waals surface area contributed by atoms with Crippen LogP contribution in [0.25, 0.3) is 22.5 Å². The van der Waals surface area contributed by atoms with Crippen molar-refractivity contribution in [1.29, 1.82) is 0 Å². The van der Waals surface area contributed by atoms with Gasteiger partial charge >= 0.3 is 5.97 Å². The molecule has 23 heavy (non-hydrogen) atoms. The predicted molar refractivity (Wildman–Crippen MR) is 85.3 cm³/mol. The fraction of sp³-hybridized carbons (Fsp3) is 0. The van der Waals surface area contributed by atoms with Gasteiger partial charge in [-0.3, -0.25) is 4.79 Å². The van der Waals surface area contributed by atoms with Gasteiger partial charge in [0.2, 0.25) is 0 Å². The second-order valence-corrected chi connectivity index (χ2v) is 4.92. The number of rotatable bonds is 4. The minimum atomic E-state index is -0.966. The average Bonchev–Trinajstić information content (AvgIpc) is 2.62. The zero-order valence-corrected chi connectivity index (χ0v) is 12.0. The summed E-state index contributed by atoms with van der Waals surface area (Å²) in [4.78, 5) is 30.1. The Kier molecular flexibility index (Phi) is 3.93. The standard InChI is InChI=1S/C18H12N2O3/c21-11-12-1-3-13(4-2-12)16-9-19-17(20-10-16)14-5-7-15(8-6-14)18(22)23/h1-11H,(H,22,23). The predicted octanol–water partition coefficient (Wildman–Crippen LogP) is 3.32. The van der Waals surface area contributed by atoms with E-state index in [0.717, 1.165) is 23.0 Å². The van der Waals surface area contributed by atoms with Crippen molar-refractivity contribution in [2.75, 3.05) is 0 Å². The highest BCUT2D eigenvalue weighted by atomic mass is 16.4. The number of carboxylic acid groups (broad SMARTS) is 1. The first-order valence-electron chi connectivity index (χ1n) is 6.89. The number of aromatic nitrogens is 2. The third-order valence-electron chi connectivity index (χ3n) is 3.42. The number of benzene rings is 2. The first-order chi connectivity index (χ1) is 11.2. The molecular formula is C18H12N2O3. The number of hydrogen-bond donors (Lipinski definition) is 1. The van der Waals surface area contributed by atoms with E-state index in [4.69, 9.17) is 5.11 Å². The lowest BCUT2D eigenvalue weighted by Crippen LogP contribution is -1.96. The van der Waals surface area contributed by atoms with Gasteiger partial charge in [-0.1, -0.05) is 36.4 Å². The van der Waals surface area contributed by atoms with Gasteiger partial charge in [0.1, 0.15) is 6.29 Å². The van der Waals surface area contributed by atoms with Crippen molar-refractivity contribution in [1.82, 2.24) is 9.97 Å². The lowest BCUT2D eigenvalue weighted by Gasteiger charge is -2.04. The highest BCUT2D eigenvalue weighted by molar-refractivity contribution is 5.88. The minimum Gasteiger partial charge on any atom is -0.478 e.